The number of aryl methyl sites for hydroxylation is 3. The summed E-state index contributed by atoms with van der Waals surface area (Å²) < 4.78 is 2.15. The lowest BCUT2D eigenvalue weighted by atomic mass is 9.94. The Labute approximate surface area is 125 Å². The summed E-state index contributed by atoms with van der Waals surface area (Å²) in [5, 5.41) is 10.2. The summed E-state index contributed by atoms with van der Waals surface area (Å²) in [5.41, 5.74) is 9.64. The SMILES string of the molecule is CCc1nc2c(N)nc3c(c2n1CC(C)(C)O)CCCC3. The third-order valence-electron chi connectivity index (χ3n) is 4.13. The van der Waals surface area contributed by atoms with Gasteiger partial charge in [0.2, 0.25) is 0 Å². The first-order chi connectivity index (χ1) is 9.90. The molecule has 1 aliphatic rings. The van der Waals surface area contributed by atoms with Crippen LogP contribution in [0.2, 0.25) is 0 Å². The van der Waals surface area contributed by atoms with Gasteiger partial charge in [0, 0.05) is 12.1 Å². The van der Waals surface area contributed by atoms with Crippen LogP contribution in [0.25, 0.3) is 11.0 Å². The van der Waals surface area contributed by atoms with Gasteiger partial charge in [-0.3, -0.25) is 0 Å². The predicted molar refractivity (Wildman–Crippen MR) is 84.3 cm³/mol. The minimum atomic E-state index is -0.781. The van der Waals surface area contributed by atoms with E-state index in [9.17, 15) is 5.11 Å². The number of nitrogens with zero attached hydrogens (tertiary/aromatic N) is 3. The molecule has 5 nitrogen and oxygen atoms in total. The van der Waals surface area contributed by atoms with Gasteiger partial charge in [0.1, 0.15) is 11.3 Å². The smallest absolute Gasteiger partial charge is 0.151 e. The van der Waals surface area contributed by atoms with Gasteiger partial charge in [0.05, 0.1) is 17.7 Å². The fraction of sp³-hybridized carbons (Fsp3) is 0.625. The van der Waals surface area contributed by atoms with Gasteiger partial charge in [0.25, 0.3) is 0 Å². The number of anilines is 1. The van der Waals surface area contributed by atoms with Crippen LogP contribution < -0.4 is 5.73 Å². The highest BCUT2D eigenvalue weighted by Crippen LogP contribution is 2.32. The quantitative estimate of drug-likeness (QED) is 0.908. The van der Waals surface area contributed by atoms with Gasteiger partial charge in [0.15, 0.2) is 5.82 Å². The van der Waals surface area contributed by atoms with Crippen LogP contribution in [0.3, 0.4) is 0 Å². The van der Waals surface area contributed by atoms with Crippen molar-refractivity contribution in [3.8, 4) is 0 Å². The fourth-order valence-corrected chi connectivity index (χ4v) is 3.28. The van der Waals surface area contributed by atoms with Crippen LogP contribution in [0.5, 0.6) is 0 Å². The molecular weight excluding hydrogens is 264 g/mol. The van der Waals surface area contributed by atoms with Crippen molar-refractivity contribution in [2.45, 2.75) is 65.0 Å². The molecule has 0 saturated carbocycles. The maximum absolute atomic E-state index is 10.2. The van der Waals surface area contributed by atoms with E-state index in [1.165, 1.54) is 18.4 Å². The number of pyridine rings is 1. The maximum Gasteiger partial charge on any atom is 0.151 e. The summed E-state index contributed by atoms with van der Waals surface area (Å²) in [6.07, 6.45) is 5.19. The number of rotatable bonds is 3. The largest absolute Gasteiger partial charge is 0.389 e. The minimum Gasteiger partial charge on any atom is -0.389 e. The van der Waals surface area contributed by atoms with Crippen molar-refractivity contribution in [2.75, 3.05) is 5.73 Å². The molecule has 0 spiro atoms. The fourth-order valence-electron chi connectivity index (χ4n) is 3.28. The van der Waals surface area contributed by atoms with E-state index >= 15 is 0 Å². The molecule has 114 valence electrons. The van der Waals surface area contributed by atoms with E-state index in [0.29, 0.717) is 12.4 Å². The highest BCUT2D eigenvalue weighted by Gasteiger charge is 2.24. The molecule has 2 heterocycles. The van der Waals surface area contributed by atoms with Crippen molar-refractivity contribution >= 4 is 16.9 Å². The number of hydrogen-bond acceptors (Lipinski definition) is 4. The van der Waals surface area contributed by atoms with E-state index in [4.69, 9.17) is 5.73 Å². The zero-order valence-corrected chi connectivity index (χ0v) is 13.1. The van der Waals surface area contributed by atoms with E-state index in [0.717, 1.165) is 41.8 Å². The van der Waals surface area contributed by atoms with Crippen molar-refractivity contribution in [2.24, 2.45) is 0 Å². The molecule has 2 aromatic heterocycles. The molecule has 0 saturated heterocycles. The molecular formula is C16H24N4O. The molecule has 5 heteroatoms. The Morgan fingerprint density at radius 3 is 2.62 bits per heavy atom. The Balaban J connectivity index is 2.30. The molecule has 0 aliphatic heterocycles. The standard InChI is InChI=1S/C16H24N4O/c1-4-12-19-13-14(20(12)9-16(2,3)21)10-7-5-6-8-11(10)18-15(13)17/h21H,4-9H2,1-3H3,(H2,17,18). The third-order valence-corrected chi connectivity index (χ3v) is 4.13. The molecule has 0 amide bonds. The Morgan fingerprint density at radius 1 is 1.24 bits per heavy atom. The highest BCUT2D eigenvalue weighted by molar-refractivity contribution is 5.89. The number of imidazole rings is 1. The molecule has 3 rings (SSSR count). The first-order valence-electron chi connectivity index (χ1n) is 7.79. The Kier molecular flexibility index (Phi) is 3.40. The van der Waals surface area contributed by atoms with Crippen LogP contribution in [0.4, 0.5) is 5.82 Å². The molecule has 0 atom stereocenters. The lowest BCUT2D eigenvalue weighted by Crippen LogP contribution is -2.27. The molecule has 0 fully saturated rings. The molecule has 0 radical (unpaired) electrons. The summed E-state index contributed by atoms with van der Waals surface area (Å²) in [6.45, 7) is 6.27. The van der Waals surface area contributed by atoms with Crippen molar-refractivity contribution in [1.29, 1.82) is 0 Å². The summed E-state index contributed by atoms with van der Waals surface area (Å²) in [5.74, 6) is 1.49. The number of aromatic nitrogens is 3. The van der Waals surface area contributed by atoms with Gasteiger partial charge in [-0.1, -0.05) is 6.92 Å². The van der Waals surface area contributed by atoms with Crippen LogP contribution >= 0.6 is 0 Å². The topological polar surface area (TPSA) is 77.0 Å². The molecule has 0 unspecified atom stereocenters. The normalized spacial score (nSPS) is 15.4. The van der Waals surface area contributed by atoms with Gasteiger partial charge < -0.3 is 15.4 Å². The van der Waals surface area contributed by atoms with E-state index in [1.807, 2.05) is 13.8 Å². The predicted octanol–water partition coefficient (Wildman–Crippen LogP) is 2.23. The molecule has 2 aromatic rings. The first-order valence-corrected chi connectivity index (χ1v) is 7.79. The lowest BCUT2D eigenvalue weighted by molar-refractivity contribution is 0.0618. The maximum atomic E-state index is 10.2. The van der Waals surface area contributed by atoms with Gasteiger partial charge in [-0.05, 0) is 45.1 Å². The molecule has 0 bridgehead atoms. The average Bonchev–Trinajstić information content (AvgIpc) is 2.76. The van der Waals surface area contributed by atoms with Crippen molar-refractivity contribution in [3.05, 3.63) is 17.1 Å². The van der Waals surface area contributed by atoms with E-state index in [-0.39, 0.29) is 0 Å². The Hall–Kier alpha value is -1.62. The van der Waals surface area contributed by atoms with Crippen molar-refractivity contribution in [3.63, 3.8) is 0 Å². The number of nitrogen functional groups attached to an aromatic ring is 1. The average molecular weight is 288 g/mol. The van der Waals surface area contributed by atoms with E-state index in [1.54, 1.807) is 0 Å². The summed E-state index contributed by atoms with van der Waals surface area (Å²) in [6, 6.07) is 0. The molecule has 3 N–H and O–H groups in total. The monoisotopic (exact) mass is 288 g/mol. The zero-order valence-electron chi connectivity index (χ0n) is 13.1. The third kappa shape index (κ3) is 2.50. The van der Waals surface area contributed by atoms with Crippen LogP contribution in [-0.4, -0.2) is 25.2 Å². The number of nitrogens with two attached hydrogens (primary N) is 1. The molecule has 1 aliphatic carbocycles. The Bertz CT molecular complexity index is 682. The number of fused-ring (bicyclic) bond motifs is 3. The van der Waals surface area contributed by atoms with Crippen LogP contribution in [0.15, 0.2) is 0 Å². The first kappa shape index (κ1) is 14.3. The van der Waals surface area contributed by atoms with Crippen molar-refractivity contribution < 1.29 is 5.11 Å². The summed E-state index contributed by atoms with van der Waals surface area (Å²) in [4.78, 5) is 9.25. The van der Waals surface area contributed by atoms with Crippen LogP contribution in [0, 0.1) is 0 Å². The minimum absolute atomic E-state index is 0.523. The van der Waals surface area contributed by atoms with Gasteiger partial charge >= 0.3 is 0 Å². The Morgan fingerprint density at radius 2 is 1.95 bits per heavy atom. The van der Waals surface area contributed by atoms with Crippen LogP contribution in [-0.2, 0) is 25.8 Å². The molecule has 21 heavy (non-hydrogen) atoms. The van der Waals surface area contributed by atoms with E-state index < -0.39 is 5.60 Å². The summed E-state index contributed by atoms with van der Waals surface area (Å²) in [7, 11) is 0. The second kappa shape index (κ2) is 4.98. The highest BCUT2D eigenvalue weighted by atomic mass is 16.3. The second-order valence-electron chi connectivity index (χ2n) is 6.61. The number of hydrogen-bond donors (Lipinski definition) is 2. The zero-order chi connectivity index (χ0) is 15.2. The van der Waals surface area contributed by atoms with Gasteiger partial charge in [-0.15, -0.1) is 0 Å². The van der Waals surface area contributed by atoms with Gasteiger partial charge in [-0.25, -0.2) is 9.97 Å². The van der Waals surface area contributed by atoms with E-state index in [2.05, 4.69) is 21.5 Å². The van der Waals surface area contributed by atoms with Crippen molar-refractivity contribution in [1.82, 2.24) is 14.5 Å². The van der Waals surface area contributed by atoms with Crippen LogP contribution in [0.1, 0.15) is 50.7 Å². The summed E-state index contributed by atoms with van der Waals surface area (Å²) >= 11 is 0. The second-order valence-corrected chi connectivity index (χ2v) is 6.61. The lowest BCUT2D eigenvalue weighted by Gasteiger charge is -2.22. The van der Waals surface area contributed by atoms with Gasteiger partial charge in [-0.2, -0.15) is 0 Å². The molecule has 0 aromatic carbocycles. The number of aliphatic hydroxyl groups is 1.